The molecule has 0 bridgehead atoms. The van der Waals surface area contributed by atoms with Gasteiger partial charge in [-0.2, -0.15) is 0 Å². The molecule has 0 heterocycles. The molecule has 0 saturated carbocycles. The van der Waals surface area contributed by atoms with Gasteiger partial charge in [0.15, 0.2) is 0 Å². The summed E-state index contributed by atoms with van der Waals surface area (Å²) in [5, 5.41) is 9.76. The second-order valence-electron chi connectivity index (χ2n) is 2.10. The van der Waals surface area contributed by atoms with E-state index in [9.17, 15) is 5.11 Å². The minimum Gasteiger partial charge on any atom is -0.389 e. The van der Waals surface area contributed by atoms with Crippen LogP contribution in [-0.4, -0.2) is 5.11 Å². The molecule has 1 aromatic rings. The first-order valence-corrected chi connectivity index (χ1v) is 3.36. The smallest absolute Gasteiger partial charge is 0.0762 e. The van der Waals surface area contributed by atoms with Gasteiger partial charge in [0.1, 0.15) is 0 Å². The van der Waals surface area contributed by atoms with E-state index in [1.807, 2.05) is 0 Å². The Morgan fingerprint density at radius 2 is 2.40 bits per heavy atom. The van der Waals surface area contributed by atoms with Crippen LogP contribution in [0.4, 0.5) is 0 Å². The fourth-order valence-corrected chi connectivity index (χ4v) is 0.904. The van der Waals surface area contributed by atoms with E-state index in [0.29, 0.717) is 10.6 Å². The van der Waals surface area contributed by atoms with Crippen molar-refractivity contribution in [3.05, 3.63) is 34.9 Å². The zero-order valence-corrected chi connectivity index (χ0v) is 6.39. The standard InChI is InChI=1S/C8H9ClO/c1-6(10)7-3-2-4-8(9)5-7/h2-6,10H,1H3/i6D. The Hall–Kier alpha value is -0.530. The summed E-state index contributed by atoms with van der Waals surface area (Å²) in [6.45, 7) is 1.40. The van der Waals surface area contributed by atoms with E-state index >= 15 is 0 Å². The van der Waals surface area contributed by atoms with Gasteiger partial charge >= 0.3 is 0 Å². The van der Waals surface area contributed by atoms with Gasteiger partial charge in [0.25, 0.3) is 0 Å². The molecular weight excluding hydrogens is 148 g/mol. The highest BCUT2D eigenvalue weighted by molar-refractivity contribution is 6.30. The Labute approximate surface area is 66.7 Å². The van der Waals surface area contributed by atoms with Crippen LogP contribution in [0.3, 0.4) is 0 Å². The van der Waals surface area contributed by atoms with E-state index in [2.05, 4.69) is 0 Å². The van der Waals surface area contributed by atoms with Crippen LogP contribution in [0.2, 0.25) is 5.02 Å². The predicted molar refractivity (Wildman–Crippen MR) is 42.1 cm³/mol. The summed E-state index contributed by atoms with van der Waals surface area (Å²) >= 11 is 5.66. The lowest BCUT2D eigenvalue weighted by atomic mass is 10.1. The second-order valence-corrected chi connectivity index (χ2v) is 2.53. The van der Waals surface area contributed by atoms with Gasteiger partial charge in [-0.05, 0) is 24.6 Å². The van der Waals surface area contributed by atoms with Crippen LogP contribution < -0.4 is 0 Å². The maximum Gasteiger partial charge on any atom is 0.0762 e. The Morgan fingerprint density at radius 1 is 1.70 bits per heavy atom. The third-order valence-corrected chi connectivity index (χ3v) is 1.48. The van der Waals surface area contributed by atoms with Gasteiger partial charge in [-0.15, -0.1) is 0 Å². The van der Waals surface area contributed by atoms with Gasteiger partial charge < -0.3 is 5.11 Å². The molecule has 0 aromatic heterocycles. The molecule has 10 heavy (non-hydrogen) atoms. The van der Waals surface area contributed by atoms with Crippen LogP contribution in [0.1, 0.15) is 19.9 Å². The molecule has 2 heteroatoms. The van der Waals surface area contributed by atoms with Crippen molar-refractivity contribution in [3.8, 4) is 0 Å². The van der Waals surface area contributed by atoms with Crippen molar-refractivity contribution in [3.63, 3.8) is 0 Å². The third kappa shape index (κ3) is 1.72. The lowest BCUT2D eigenvalue weighted by molar-refractivity contribution is 0.199. The van der Waals surface area contributed by atoms with E-state index in [1.165, 1.54) is 6.92 Å². The normalized spacial score (nSPS) is 17.7. The van der Waals surface area contributed by atoms with Crippen LogP contribution in [0, 0.1) is 0 Å². The molecule has 1 N–H and O–H groups in total. The largest absolute Gasteiger partial charge is 0.389 e. The minimum atomic E-state index is -1.55. The van der Waals surface area contributed by atoms with E-state index in [0.717, 1.165) is 0 Å². The zero-order valence-electron chi connectivity index (χ0n) is 6.63. The summed E-state index contributed by atoms with van der Waals surface area (Å²) in [6, 6.07) is 6.66. The van der Waals surface area contributed by atoms with Crippen molar-refractivity contribution < 1.29 is 6.48 Å². The molecule has 0 radical (unpaired) electrons. The molecule has 0 aliphatic heterocycles. The minimum absolute atomic E-state index is 0.505. The number of hydrogen-bond donors (Lipinski definition) is 1. The highest BCUT2D eigenvalue weighted by atomic mass is 35.5. The van der Waals surface area contributed by atoms with E-state index in [4.69, 9.17) is 13.0 Å². The molecule has 0 amide bonds. The zero-order chi connectivity index (χ0) is 8.48. The number of rotatable bonds is 1. The summed E-state index contributed by atoms with van der Waals surface area (Å²) in [4.78, 5) is 0. The number of benzene rings is 1. The van der Waals surface area contributed by atoms with E-state index < -0.39 is 6.08 Å². The van der Waals surface area contributed by atoms with Crippen molar-refractivity contribution >= 4 is 11.6 Å². The number of aliphatic hydroxyl groups is 1. The van der Waals surface area contributed by atoms with Crippen molar-refractivity contribution in [1.29, 1.82) is 0 Å². The first-order valence-electron chi connectivity index (χ1n) is 3.48. The van der Waals surface area contributed by atoms with Crippen molar-refractivity contribution in [2.75, 3.05) is 0 Å². The lowest BCUT2D eigenvalue weighted by Crippen LogP contribution is -1.88. The predicted octanol–water partition coefficient (Wildman–Crippen LogP) is 2.39. The van der Waals surface area contributed by atoms with Crippen molar-refractivity contribution in [1.82, 2.24) is 0 Å². The summed E-state index contributed by atoms with van der Waals surface area (Å²) < 4.78 is 7.27. The van der Waals surface area contributed by atoms with Gasteiger partial charge in [-0.3, -0.25) is 0 Å². The van der Waals surface area contributed by atoms with E-state index in [-0.39, 0.29) is 0 Å². The van der Waals surface area contributed by atoms with Gasteiger partial charge in [0, 0.05) is 5.02 Å². The number of hydrogen-bond acceptors (Lipinski definition) is 1. The average Bonchev–Trinajstić information content (AvgIpc) is 1.86. The summed E-state index contributed by atoms with van der Waals surface area (Å²) in [6.07, 6.45) is -1.55. The first kappa shape index (κ1) is 6.20. The topological polar surface area (TPSA) is 20.2 Å². The molecule has 0 spiro atoms. The monoisotopic (exact) mass is 157 g/mol. The Balaban J connectivity index is 3.06. The van der Waals surface area contributed by atoms with Gasteiger partial charge in [-0.25, -0.2) is 0 Å². The van der Waals surface area contributed by atoms with Crippen molar-refractivity contribution in [2.24, 2.45) is 0 Å². The molecule has 0 fully saturated rings. The Morgan fingerprint density at radius 3 is 2.80 bits per heavy atom. The van der Waals surface area contributed by atoms with E-state index in [1.54, 1.807) is 24.3 Å². The van der Waals surface area contributed by atoms with Crippen LogP contribution >= 0.6 is 11.6 Å². The van der Waals surface area contributed by atoms with Crippen molar-refractivity contribution in [2.45, 2.75) is 13.0 Å². The maximum absolute atomic E-state index is 9.22. The highest BCUT2D eigenvalue weighted by Gasteiger charge is 1.98. The molecule has 0 aliphatic carbocycles. The lowest BCUT2D eigenvalue weighted by Gasteiger charge is -2.02. The maximum atomic E-state index is 9.22. The first-order chi connectivity index (χ1) is 5.00. The fourth-order valence-electron chi connectivity index (χ4n) is 0.714. The van der Waals surface area contributed by atoms with Crippen LogP contribution in [0.15, 0.2) is 24.3 Å². The van der Waals surface area contributed by atoms with Gasteiger partial charge in [0.05, 0.1) is 7.45 Å². The number of halogens is 1. The van der Waals surface area contributed by atoms with Crippen LogP contribution in [0.25, 0.3) is 0 Å². The SMILES string of the molecule is [2H]C(C)(O)c1cccc(Cl)c1. The molecule has 1 atom stereocenters. The highest BCUT2D eigenvalue weighted by Crippen LogP contribution is 2.16. The average molecular weight is 158 g/mol. The molecule has 1 aromatic carbocycles. The molecule has 1 unspecified atom stereocenters. The van der Waals surface area contributed by atoms with Crippen LogP contribution in [-0.2, 0) is 0 Å². The van der Waals surface area contributed by atoms with Crippen LogP contribution in [0.5, 0.6) is 0 Å². The quantitative estimate of drug-likeness (QED) is 0.664. The molecule has 0 aliphatic rings. The molecular formula is C8H9ClO. The summed E-state index contributed by atoms with van der Waals surface area (Å²) in [5.41, 5.74) is 0.505. The molecule has 1 nitrogen and oxygen atoms in total. The van der Waals surface area contributed by atoms with Gasteiger partial charge in [-0.1, -0.05) is 23.7 Å². The van der Waals surface area contributed by atoms with Gasteiger partial charge in [0.2, 0.25) is 0 Å². The fraction of sp³-hybridized carbons (Fsp3) is 0.250. The Kier molecular flexibility index (Phi) is 1.88. The third-order valence-electron chi connectivity index (χ3n) is 1.24. The summed E-state index contributed by atoms with van der Waals surface area (Å²) in [7, 11) is 0. The summed E-state index contributed by atoms with van der Waals surface area (Å²) in [5.74, 6) is 0. The second kappa shape index (κ2) is 3.04. The molecule has 1 rings (SSSR count). The molecule has 54 valence electrons. The Bertz CT molecular complexity index is 255. The molecule has 0 saturated heterocycles.